The van der Waals surface area contributed by atoms with Gasteiger partial charge in [-0.3, -0.25) is 4.79 Å². The Bertz CT molecular complexity index is 812. The summed E-state index contributed by atoms with van der Waals surface area (Å²) in [6, 6.07) is 1.65. The van der Waals surface area contributed by atoms with E-state index in [4.69, 9.17) is 0 Å². The third-order valence-electron chi connectivity index (χ3n) is 5.64. The van der Waals surface area contributed by atoms with Gasteiger partial charge in [-0.25, -0.2) is 13.8 Å². The van der Waals surface area contributed by atoms with Gasteiger partial charge in [0.05, 0.1) is 17.4 Å². The van der Waals surface area contributed by atoms with Gasteiger partial charge in [-0.05, 0) is 50.7 Å². The van der Waals surface area contributed by atoms with Gasteiger partial charge in [0.15, 0.2) is 11.6 Å². The minimum atomic E-state index is -0.937. The van der Waals surface area contributed by atoms with Crippen molar-refractivity contribution in [1.29, 1.82) is 0 Å². The SMILES string of the molecule is CC1CCN(CCCNC(=O)[C@H](C(C)C)n2cnc3cc(F)c(F)cc32)CC1. The van der Waals surface area contributed by atoms with Gasteiger partial charge in [-0.15, -0.1) is 0 Å². The summed E-state index contributed by atoms with van der Waals surface area (Å²) in [7, 11) is 0. The molecule has 0 bridgehead atoms. The van der Waals surface area contributed by atoms with Gasteiger partial charge in [0.2, 0.25) is 5.91 Å². The van der Waals surface area contributed by atoms with Crippen LogP contribution in [0.2, 0.25) is 0 Å². The number of rotatable bonds is 7. The number of amides is 1. The van der Waals surface area contributed by atoms with E-state index in [0.717, 1.165) is 44.1 Å². The summed E-state index contributed by atoms with van der Waals surface area (Å²) in [5.41, 5.74) is 0.770. The fourth-order valence-electron chi connectivity index (χ4n) is 3.90. The molecule has 1 N–H and O–H groups in total. The minimum Gasteiger partial charge on any atom is -0.354 e. The van der Waals surface area contributed by atoms with Crippen molar-refractivity contribution < 1.29 is 13.6 Å². The van der Waals surface area contributed by atoms with Gasteiger partial charge in [-0.1, -0.05) is 20.8 Å². The van der Waals surface area contributed by atoms with Gasteiger partial charge in [0, 0.05) is 18.7 Å². The van der Waals surface area contributed by atoms with Crippen LogP contribution in [-0.2, 0) is 4.79 Å². The number of imidazole rings is 1. The molecule has 3 rings (SSSR count). The highest BCUT2D eigenvalue weighted by atomic mass is 19.2. The van der Waals surface area contributed by atoms with Crippen molar-refractivity contribution in [3.05, 3.63) is 30.1 Å². The highest BCUT2D eigenvalue weighted by Gasteiger charge is 2.26. The minimum absolute atomic E-state index is 0.0194. The molecule has 2 aromatic rings. The Morgan fingerprint density at radius 3 is 2.61 bits per heavy atom. The zero-order valence-electron chi connectivity index (χ0n) is 16.9. The van der Waals surface area contributed by atoms with Crippen LogP contribution in [0.4, 0.5) is 8.78 Å². The number of halogens is 2. The second kappa shape index (κ2) is 8.99. The number of aromatic nitrogens is 2. The van der Waals surface area contributed by atoms with Crippen LogP contribution >= 0.6 is 0 Å². The molecule has 1 aromatic heterocycles. The predicted molar refractivity (Wildman–Crippen MR) is 106 cm³/mol. The van der Waals surface area contributed by atoms with Crippen LogP contribution in [0.5, 0.6) is 0 Å². The lowest BCUT2D eigenvalue weighted by Crippen LogP contribution is -2.38. The molecular formula is C21H30F2N4O. The Morgan fingerprint density at radius 2 is 1.93 bits per heavy atom. The first-order chi connectivity index (χ1) is 13.4. The van der Waals surface area contributed by atoms with Crippen molar-refractivity contribution in [1.82, 2.24) is 19.8 Å². The first kappa shape index (κ1) is 20.7. The van der Waals surface area contributed by atoms with E-state index in [1.165, 1.54) is 19.2 Å². The number of fused-ring (bicyclic) bond motifs is 1. The molecule has 1 aliphatic rings. The summed E-state index contributed by atoms with van der Waals surface area (Å²) in [5, 5.41) is 3.01. The second-order valence-electron chi connectivity index (χ2n) is 8.26. The molecule has 7 heteroatoms. The van der Waals surface area contributed by atoms with E-state index in [2.05, 4.69) is 22.1 Å². The lowest BCUT2D eigenvalue weighted by atomic mass is 9.99. The predicted octanol–water partition coefficient (Wildman–Crippen LogP) is 3.75. The number of nitrogens with one attached hydrogen (secondary N) is 1. The maximum absolute atomic E-state index is 13.7. The highest BCUT2D eigenvalue weighted by Crippen LogP contribution is 2.25. The van der Waals surface area contributed by atoms with Gasteiger partial charge in [-0.2, -0.15) is 0 Å². The van der Waals surface area contributed by atoms with E-state index in [0.29, 0.717) is 17.6 Å². The summed E-state index contributed by atoms with van der Waals surface area (Å²) in [6.07, 6.45) is 4.87. The molecule has 2 heterocycles. The molecular weight excluding hydrogens is 362 g/mol. The summed E-state index contributed by atoms with van der Waals surface area (Å²) in [6.45, 7) is 10.0. The zero-order chi connectivity index (χ0) is 20.3. The average molecular weight is 392 g/mol. The topological polar surface area (TPSA) is 50.2 Å². The van der Waals surface area contributed by atoms with Crippen LogP contribution in [0.1, 0.15) is 46.1 Å². The van der Waals surface area contributed by atoms with Crippen LogP contribution in [0, 0.1) is 23.5 Å². The molecule has 0 unspecified atom stereocenters. The normalized spacial score (nSPS) is 17.4. The van der Waals surface area contributed by atoms with E-state index in [9.17, 15) is 13.6 Å². The van der Waals surface area contributed by atoms with Crippen molar-refractivity contribution in [3.8, 4) is 0 Å². The number of likely N-dealkylation sites (tertiary alicyclic amines) is 1. The first-order valence-corrected chi connectivity index (χ1v) is 10.2. The van der Waals surface area contributed by atoms with E-state index >= 15 is 0 Å². The molecule has 0 radical (unpaired) electrons. The van der Waals surface area contributed by atoms with Crippen molar-refractivity contribution in [2.45, 2.75) is 46.1 Å². The Morgan fingerprint density at radius 1 is 1.25 bits per heavy atom. The van der Waals surface area contributed by atoms with Gasteiger partial charge in [0.1, 0.15) is 6.04 Å². The Balaban J connectivity index is 1.61. The molecule has 0 aliphatic carbocycles. The molecule has 0 spiro atoms. The first-order valence-electron chi connectivity index (χ1n) is 10.2. The molecule has 28 heavy (non-hydrogen) atoms. The highest BCUT2D eigenvalue weighted by molar-refractivity contribution is 5.84. The number of nitrogens with zero attached hydrogens (tertiary/aromatic N) is 3. The number of benzene rings is 1. The lowest BCUT2D eigenvalue weighted by Gasteiger charge is -2.30. The lowest BCUT2D eigenvalue weighted by molar-refractivity contribution is -0.125. The molecule has 1 saturated heterocycles. The Hall–Kier alpha value is -2.02. The molecule has 1 aliphatic heterocycles. The fourth-order valence-corrected chi connectivity index (χ4v) is 3.90. The van der Waals surface area contributed by atoms with Gasteiger partial charge >= 0.3 is 0 Å². The van der Waals surface area contributed by atoms with Crippen LogP contribution in [0.3, 0.4) is 0 Å². The van der Waals surface area contributed by atoms with Crippen LogP contribution in [-0.4, -0.2) is 46.5 Å². The van der Waals surface area contributed by atoms with E-state index in [1.807, 2.05) is 13.8 Å². The van der Waals surface area contributed by atoms with Crippen molar-refractivity contribution >= 4 is 16.9 Å². The standard InChI is InChI=1S/C21H30F2N4O/c1-14(2)20(27-13-25-18-11-16(22)17(23)12-19(18)27)21(28)24-7-4-8-26-9-5-15(3)6-10-26/h11-15,20H,4-10H2,1-3H3,(H,24,28)/t20-/m0/s1. The van der Waals surface area contributed by atoms with E-state index in [-0.39, 0.29) is 11.8 Å². The second-order valence-corrected chi connectivity index (χ2v) is 8.26. The van der Waals surface area contributed by atoms with E-state index in [1.54, 1.807) is 4.57 Å². The average Bonchev–Trinajstić information content (AvgIpc) is 3.03. The molecule has 1 amide bonds. The van der Waals surface area contributed by atoms with E-state index < -0.39 is 17.7 Å². The maximum atomic E-state index is 13.7. The van der Waals surface area contributed by atoms with Crippen LogP contribution < -0.4 is 5.32 Å². The quantitative estimate of drug-likeness (QED) is 0.730. The molecule has 0 saturated carbocycles. The summed E-state index contributed by atoms with van der Waals surface area (Å²) in [5.74, 6) is -1.20. The molecule has 5 nitrogen and oxygen atoms in total. The summed E-state index contributed by atoms with van der Waals surface area (Å²) < 4.78 is 28.8. The molecule has 1 fully saturated rings. The van der Waals surface area contributed by atoms with Crippen molar-refractivity contribution in [2.75, 3.05) is 26.2 Å². The molecule has 1 aromatic carbocycles. The zero-order valence-corrected chi connectivity index (χ0v) is 16.9. The summed E-state index contributed by atoms with van der Waals surface area (Å²) >= 11 is 0. The third kappa shape index (κ3) is 4.69. The summed E-state index contributed by atoms with van der Waals surface area (Å²) in [4.78, 5) is 19.4. The number of hydrogen-bond acceptors (Lipinski definition) is 3. The van der Waals surface area contributed by atoms with Gasteiger partial charge in [0.25, 0.3) is 0 Å². The smallest absolute Gasteiger partial charge is 0.243 e. The fraction of sp³-hybridized carbons (Fsp3) is 0.619. The molecule has 1 atom stereocenters. The third-order valence-corrected chi connectivity index (χ3v) is 5.64. The number of carbonyl (C=O) groups excluding carboxylic acids is 1. The molecule has 154 valence electrons. The Kier molecular flexibility index (Phi) is 6.65. The Labute approximate surface area is 165 Å². The monoisotopic (exact) mass is 392 g/mol. The van der Waals surface area contributed by atoms with Crippen LogP contribution in [0.25, 0.3) is 11.0 Å². The number of piperidine rings is 1. The maximum Gasteiger partial charge on any atom is 0.243 e. The number of carbonyl (C=O) groups is 1. The van der Waals surface area contributed by atoms with Crippen molar-refractivity contribution in [3.63, 3.8) is 0 Å². The largest absolute Gasteiger partial charge is 0.354 e. The van der Waals surface area contributed by atoms with Crippen molar-refractivity contribution in [2.24, 2.45) is 11.8 Å². The van der Waals surface area contributed by atoms with Crippen LogP contribution in [0.15, 0.2) is 18.5 Å². The number of hydrogen-bond donors (Lipinski definition) is 1. The van der Waals surface area contributed by atoms with Gasteiger partial charge < -0.3 is 14.8 Å².